The van der Waals surface area contributed by atoms with Crippen LogP contribution in [0.15, 0.2) is 24.3 Å². The lowest BCUT2D eigenvalue weighted by Crippen LogP contribution is -2.42. The van der Waals surface area contributed by atoms with Crippen molar-refractivity contribution >= 4 is 6.03 Å². The van der Waals surface area contributed by atoms with Crippen molar-refractivity contribution in [3.63, 3.8) is 0 Å². The quantitative estimate of drug-likeness (QED) is 0.901. The summed E-state index contributed by atoms with van der Waals surface area (Å²) in [5.74, 6) is 1.36. The maximum atomic E-state index is 12.5. The number of hydrogen-bond acceptors (Lipinski definition) is 2. The molecule has 1 aromatic carbocycles. The molecule has 0 heterocycles. The van der Waals surface area contributed by atoms with E-state index >= 15 is 0 Å². The van der Waals surface area contributed by atoms with Crippen LogP contribution in [0.3, 0.4) is 0 Å². The average molecular weight is 314 g/mol. The molecule has 124 valence electrons. The van der Waals surface area contributed by atoms with Gasteiger partial charge in [-0.2, -0.15) is 0 Å². The van der Waals surface area contributed by atoms with Gasteiger partial charge in [-0.25, -0.2) is 4.79 Å². The van der Waals surface area contributed by atoms with Gasteiger partial charge in [0.05, 0.1) is 6.10 Å². The standard InChI is InChI=1S/C19H26N2O2/c1-21(11-13-6-4-8-16(13)22)19(23)20-18-15-10-9-12-5-2-3-7-14(12)17(15)18/h2-3,5,7,13,15-18,22H,4,6,8-11H2,1H3,(H,20,23). The summed E-state index contributed by atoms with van der Waals surface area (Å²) < 4.78 is 0. The predicted molar refractivity (Wildman–Crippen MR) is 89.3 cm³/mol. The smallest absolute Gasteiger partial charge is 0.317 e. The Morgan fingerprint density at radius 1 is 1.30 bits per heavy atom. The molecule has 2 fully saturated rings. The van der Waals surface area contributed by atoms with Crippen molar-refractivity contribution in [3.05, 3.63) is 35.4 Å². The summed E-state index contributed by atoms with van der Waals surface area (Å²) in [5, 5.41) is 13.2. The fourth-order valence-corrected chi connectivity index (χ4v) is 4.68. The van der Waals surface area contributed by atoms with Gasteiger partial charge in [0.1, 0.15) is 0 Å². The molecule has 2 N–H and O–H groups in total. The summed E-state index contributed by atoms with van der Waals surface area (Å²) in [6.45, 7) is 0.658. The number of carbonyl (C=O) groups excluding carboxylic acids is 1. The number of aliphatic hydroxyl groups is 1. The molecule has 4 nitrogen and oxygen atoms in total. The highest BCUT2D eigenvalue weighted by Crippen LogP contribution is 2.54. The van der Waals surface area contributed by atoms with E-state index in [1.165, 1.54) is 17.5 Å². The summed E-state index contributed by atoms with van der Waals surface area (Å²) in [4.78, 5) is 14.2. The number of carbonyl (C=O) groups is 1. The molecule has 0 aromatic heterocycles. The first-order chi connectivity index (χ1) is 11.1. The lowest BCUT2D eigenvalue weighted by Gasteiger charge is -2.23. The van der Waals surface area contributed by atoms with E-state index in [9.17, 15) is 9.90 Å². The molecule has 4 heteroatoms. The molecule has 2 amide bonds. The van der Waals surface area contributed by atoms with Crippen LogP contribution in [-0.2, 0) is 6.42 Å². The molecule has 0 spiro atoms. The molecule has 1 aromatic rings. The van der Waals surface area contributed by atoms with Crippen molar-refractivity contribution in [2.45, 2.75) is 50.2 Å². The first kappa shape index (κ1) is 15.0. The Labute approximate surface area is 137 Å². The number of aliphatic hydroxyl groups excluding tert-OH is 1. The van der Waals surface area contributed by atoms with Crippen molar-refractivity contribution in [2.75, 3.05) is 13.6 Å². The van der Waals surface area contributed by atoms with Crippen molar-refractivity contribution in [2.24, 2.45) is 11.8 Å². The molecule has 5 atom stereocenters. The van der Waals surface area contributed by atoms with Crippen LogP contribution in [0.1, 0.15) is 42.7 Å². The molecule has 0 bridgehead atoms. The van der Waals surface area contributed by atoms with E-state index in [1.54, 1.807) is 4.90 Å². The number of nitrogens with one attached hydrogen (secondary N) is 1. The first-order valence-electron chi connectivity index (χ1n) is 8.92. The molecule has 5 unspecified atom stereocenters. The van der Waals surface area contributed by atoms with Crippen LogP contribution in [0.5, 0.6) is 0 Å². The van der Waals surface area contributed by atoms with Gasteiger partial charge in [0.15, 0.2) is 0 Å². The topological polar surface area (TPSA) is 52.6 Å². The van der Waals surface area contributed by atoms with Gasteiger partial charge >= 0.3 is 6.03 Å². The molecule has 3 aliphatic rings. The zero-order valence-corrected chi connectivity index (χ0v) is 13.7. The van der Waals surface area contributed by atoms with Crippen LogP contribution in [0.2, 0.25) is 0 Å². The third kappa shape index (κ3) is 2.74. The molecule has 0 aliphatic heterocycles. The second-order valence-corrected chi connectivity index (χ2v) is 7.54. The molecule has 4 rings (SSSR count). The van der Waals surface area contributed by atoms with Crippen molar-refractivity contribution in [1.29, 1.82) is 0 Å². The third-order valence-corrected chi connectivity index (χ3v) is 6.09. The Kier molecular flexibility index (Phi) is 3.80. The van der Waals surface area contributed by atoms with Crippen molar-refractivity contribution < 1.29 is 9.90 Å². The first-order valence-corrected chi connectivity index (χ1v) is 8.92. The van der Waals surface area contributed by atoms with Crippen LogP contribution in [0, 0.1) is 11.8 Å². The number of nitrogens with zero attached hydrogens (tertiary/aromatic N) is 1. The van der Waals surface area contributed by atoms with E-state index in [2.05, 4.69) is 29.6 Å². The summed E-state index contributed by atoms with van der Waals surface area (Å²) in [7, 11) is 1.85. The molecule has 2 saturated carbocycles. The largest absolute Gasteiger partial charge is 0.393 e. The van der Waals surface area contributed by atoms with Crippen LogP contribution >= 0.6 is 0 Å². The minimum atomic E-state index is -0.236. The van der Waals surface area contributed by atoms with Crippen LogP contribution < -0.4 is 5.32 Å². The van der Waals surface area contributed by atoms with Crippen molar-refractivity contribution in [1.82, 2.24) is 10.2 Å². The van der Waals surface area contributed by atoms with Gasteiger partial charge in [0, 0.05) is 31.5 Å². The Morgan fingerprint density at radius 2 is 2.13 bits per heavy atom. The second kappa shape index (κ2) is 5.82. The maximum Gasteiger partial charge on any atom is 0.317 e. The molecular weight excluding hydrogens is 288 g/mol. The Morgan fingerprint density at radius 3 is 2.91 bits per heavy atom. The van der Waals surface area contributed by atoms with Gasteiger partial charge in [-0.15, -0.1) is 0 Å². The minimum absolute atomic E-state index is 0.0148. The van der Waals surface area contributed by atoms with Gasteiger partial charge in [-0.1, -0.05) is 30.7 Å². The maximum absolute atomic E-state index is 12.5. The number of urea groups is 1. The zero-order chi connectivity index (χ0) is 16.0. The number of fused-ring (bicyclic) bond motifs is 3. The monoisotopic (exact) mass is 314 g/mol. The number of hydrogen-bond donors (Lipinski definition) is 2. The predicted octanol–water partition coefficient (Wildman–Crippen LogP) is 2.52. The van der Waals surface area contributed by atoms with Gasteiger partial charge in [0.2, 0.25) is 0 Å². The highest BCUT2D eigenvalue weighted by atomic mass is 16.3. The number of benzene rings is 1. The van der Waals surface area contributed by atoms with E-state index in [0.29, 0.717) is 24.4 Å². The fraction of sp³-hybridized carbons (Fsp3) is 0.632. The third-order valence-electron chi connectivity index (χ3n) is 6.09. The molecular formula is C19H26N2O2. The lowest BCUT2D eigenvalue weighted by atomic mass is 9.92. The van der Waals surface area contributed by atoms with Crippen LogP contribution in [-0.4, -0.2) is 41.8 Å². The Bertz CT molecular complexity index is 603. The molecule has 3 aliphatic carbocycles. The number of rotatable bonds is 3. The summed E-state index contributed by atoms with van der Waals surface area (Å²) >= 11 is 0. The zero-order valence-electron chi connectivity index (χ0n) is 13.7. The van der Waals surface area contributed by atoms with Crippen molar-refractivity contribution in [3.8, 4) is 0 Å². The van der Waals surface area contributed by atoms with Crippen LogP contribution in [0.4, 0.5) is 4.79 Å². The van der Waals surface area contributed by atoms with E-state index in [1.807, 2.05) is 7.05 Å². The van der Waals surface area contributed by atoms with Crippen LogP contribution in [0.25, 0.3) is 0 Å². The van der Waals surface area contributed by atoms with E-state index in [4.69, 9.17) is 0 Å². The molecule has 23 heavy (non-hydrogen) atoms. The Balaban J connectivity index is 1.35. The Hall–Kier alpha value is -1.55. The highest BCUT2D eigenvalue weighted by Gasteiger charge is 2.54. The van der Waals surface area contributed by atoms with E-state index in [0.717, 1.165) is 25.7 Å². The normalized spacial score (nSPS) is 34.4. The summed E-state index contributed by atoms with van der Waals surface area (Å²) in [6.07, 6.45) is 5.06. The van der Waals surface area contributed by atoms with E-state index in [-0.39, 0.29) is 18.1 Å². The molecule has 0 radical (unpaired) electrons. The second-order valence-electron chi connectivity index (χ2n) is 7.54. The number of aryl methyl sites for hydroxylation is 1. The fourth-order valence-electron chi connectivity index (χ4n) is 4.68. The SMILES string of the molecule is CN(CC1CCCC1O)C(=O)NC1C2CCc3ccccc3C21. The minimum Gasteiger partial charge on any atom is -0.393 e. The van der Waals surface area contributed by atoms with Gasteiger partial charge in [-0.05, 0) is 42.7 Å². The van der Waals surface area contributed by atoms with Gasteiger partial charge in [0.25, 0.3) is 0 Å². The summed E-state index contributed by atoms with van der Waals surface area (Å²) in [6, 6.07) is 8.96. The number of amides is 2. The molecule has 0 saturated heterocycles. The lowest BCUT2D eigenvalue weighted by molar-refractivity contribution is 0.113. The highest BCUT2D eigenvalue weighted by molar-refractivity contribution is 5.75. The van der Waals surface area contributed by atoms with E-state index < -0.39 is 0 Å². The average Bonchev–Trinajstić information content (AvgIpc) is 3.12. The van der Waals surface area contributed by atoms with Gasteiger partial charge < -0.3 is 15.3 Å². The van der Waals surface area contributed by atoms with Gasteiger partial charge in [-0.3, -0.25) is 0 Å². The summed E-state index contributed by atoms with van der Waals surface area (Å²) in [5.41, 5.74) is 2.89.